The molecule has 3 nitrogen and oxygen atoms in total. The van der Waals surface area contributed by atoms with Crippen LogP contribution in [0.15, 0.2) is 46.5 Å². The Bertz CT molecular complexity index is 753. The fourth-order valence-electron chi connectivity index (χ4n) is 1.82. The zero-order chi connectivity index (χ0) is 14.7. The van der Waals surface area contributed by atoms with E-state index in [1.807, 2.05) is 35.0 Å². The maximum Gasteiger partial charge on any atom is 0.271 e. The van der Waals surface area contributed by atoms with E-state index in [9.17, 15) is 4.79 Å². The summed E-state index contributed by atoms with van der Waals surface area (Å²) in [6.45, 7) is 0.435. The monoisotopic (exact) mass is 334 g/mol. The summed E-state index contributed by atoms with van der Waals surface area (Å²) in [7, 11) is 0. The Morgan fingerprint density at radius 2 is 2.19 bits per heavy atom. The molecule has 6 heteroatoms. The molecule has 1 N–H and O–H groups in total. The van der Waals surface area contributed by atoms with Crippen LogP contribution in [0.4, 0.5) is 0 Å². The van der Waals surface area contributed by atoms with Crippen molar-refractivity contribution < 1.29 is 4.79 Å². The number of thiophene rings is 1. The van der Waals surface area contributed by atoms with Crippen molar-refractivity contribution in [3.63, 3.8) is 0 Å². The molecule has 1 amide bonds. The van der Waals surface area contributed by atoms with Gasteiger partial charge in [-0.3, -0.25) is 4.79 Å². The molecule has 2 aromatic heterocycles. The topological polar surface area (TPSA) is 42.0 Å². The van der Waals surface area contributed by atoms with E-state index in [1.165, 1.54) is 11.3 Å². The zero-order valence-corrected chi connectivity index (χ0v) is 13.3. The quantitative estimate of drug-likeness (QED) is 0.765. The molecule has 106 valence electrons. The van der Waals surface area contributed by atoms with Gasteiger partial charge < -0.3 is 5.32 Å². The summed E-state index contributed by atoms with van der Waals surface area (Å²) in [6.07, 6.45) is 0. The first-order valence-electron chi connectivity index (χ1n) is 6.23. The van der Waals surface area contributed by atoms with Gasteiger partial charge in [-0.1, -0.05) is 23.7 Å². The largest absolute Gasteiger partial charge is 0.347 e. The molecular weight excluding hydrogens is 324 g/mol. The summed E-state index contributed by atoms with van der Waals surface area (Å²) in [6, 6.07) is 9.42. The van der Waals surface area contributed by atoms with Crippen LogP contribution in [0.1, 0.15) is 16.1 Å². The minimum atomic E-state index is -0.173. The number of halogens is 1. The van der Waals surface area contributed by atoms with Crippen LogP contribution in [0.3, 0.4) is 0 Å². The number of hydrogen-bond acceptors (Lipinski definition) is 4. The lowest BCUT2D eigenvalue weighted by Gasteiger charge is -2.03. The number of hydrogen-bond donors (Lipinski definition) is 1. The highest BCUT2D eigenvalue weighted by atomic mass is 35.5. The van der Waals surface area contributed by atoms with E-state index in [0.717, 1.165) is 16.1 Å². The van der Waals surface area contributed by atoms with Crippen molar-refractivity contribution in [3.05, 3.63) is 62.8 Å². The van der Waals surface area contributed by atoms with E-state index in [-0.39, 0.29) is 5.91 Å². The first kappa shape index (κ1) is 14.3. The van der Waals surface area contributed by atoms with Gasteiger partial charge in [0.2, 0.25) is 0 Å². The van der Waals surface area contributed by atoms with Crippen molar-refractivity contribution in [1.82, 2.24) is 10.3 Å². The van der Waals surface area contributed by atoms with Gasteiger partial charge in [-0.15, -0.1) is 11.3 Å². The first-order valence-corrected chi connectivity index (χ1v) is 8.43. The number of aromatic nitrogens is 1. The number of amides is 1. The molecule has 0 aliphatic rings. The van der Waals surface area contributed by atoms with Crippen LogP contribution in [0, 0.1) is 0 Å². The van der Waals surface area contributed by atoms with Crippen LogP contribution in [-0.4, -0.2) is 10.9 Å². The van der Waals surface area contributed by atoms with E-state index in [2.05, 4.69) is 10.3 Å². The second kappa shape index (κ2) is 6.39. The molecule has 0 atom stereocenters. The molecule has 3 aromatic rings. The van der Waals surface area contributed by atoms with Crippen molar-refractivity contribution in [2.75, 3.05) is 0 Å². The Morgan fingerprint density at radius 3 is 2.95 bits per heavy atom. The van der Waals surface area contributed by atoms with Gasteiger partial charge in [-0.25, -0.2) is 4.98 Å². The summed E-state index contributed by atoms with van der Waals surface area (Å²) < 4.78 is 0. The normalized spacial score (nSPS) is 10.5. The van der Waals surface area contributed by atoms with Crippen molar-refractivity contribution >= 4 is 40.2 Å². The second-order valence-corrected chi connectivity index (χ2v) is 6.44. The van der Waals surface area contributed by atoms with Crippen LogP contribution in [0.5, 0.6) is 0 Å². The fourth-order valence-corrected chi connectivity index (χ4v) is 3.54. The lowest BCUT2D eigenvalue weighted by atomic mass is 10.2. The minimum absolute atomic E-state index is 0.173. The number of carbonyl (C=O) groups is 1. The second-order valence-electron chi connectivity index (χ2n) is 4.36. The summed E-state index contributed by atoms with van der Waals surface area (Å²) in [5.74, 6) is -0.173. The molecule has 1 aromatic carbocycles. The fraction of sp³-hybridized carbons (Fsp3) is 0.0667. The number of nitrogens with one attached hydrogen (secondary N) is 1. The van der Waals surface area contributed by atoms with Crippen molar-refractivity contribution in [2.45, 2.75) is 6.54 Å². The van der Waals surface area contributed by atoms with Crippen LogP contribution in [0.2, 0.25) is 5.02 Å². The third-order valence-corrected chi connectivity index (χ3v) is 4.66. The molecule has 0 bridgehead atoms. The van der Waals surface area contributed by atoms with Gasteiger partial charge in [-0.05, 0) is 29.1 Å². The Kier molecular flexibility index (Phi) is 4.34. The van der Waals surface area contributed by atoms with E-state index in [1.54, 1.807) is 22.8 Å². The van der Waals surface area contributed by atoms with Crippen LogP contribution >= 0.6 is 34.3 Å². The van der Waals surface area contributed by atoms with Crippen molar-refractivity contribution in [3.8, 4) is 10.6 Å². The highest BCUT2D eigenvalue weighted by Gasteiger charge is 2.11. The predicted molar refractivity (Wildman–Crippen MR) is 88.0 cm³/mol. The molecule has 3 rings (SSSR count). The summed E-state index contributed by atoms with van der Waals surface area (Å²) in [5.41, 5.74) is 2.46. The molecular formula is C15H11ClN2OS2. The molecule has 0 spiro atoms. The van der Waals surface area contributed by atoms with E-state index >= 15 is 0 Å². The SMILES string of the molecule is O=C(NCc1cccc(Cl)c1)c1csc(-c2ccsc2)n1. The predicted octanol–water partition coefficient (Wildman–Crippen LogP) is 4.46. The van der Waals surface area contributed by atoms with Gasteiger partial charge in [0.15, 0.2) is 0 Å². The third-order valence-electron chi connectivity index (χ3n) is 2.85. The standard InChI is InChI=1S/C15H11ClN2OS2/c16-12-3-1-2-10(6-12)7-17-14(19)13-9-21-15(18-13)11-4-5-20-8-11/h1-6,8-9H,7H2,(H,17,19). The lowest BCUT2D eigenvalue weighted by molar-refractivity contribution is 0.0946. The van der Waals surface area contributed by atoms with Gasteiger partial charge in [0, 0.05) is 27.9 Å². The Morgan fingerprint density at radius 1 is 1.29 bits per heavy atom. The zero-order valence-electron chi connectivity index (χ0n) is 10.9. The molecule has 0 fully saturated rings. The Labute approximate surface area is 135 Å². The average Bonchev–Trinajstić information content (AvgIpc) is 3.15. The number of carbonyl (C=O) groups excluding carboxylic acids is 1. The summed E-state index contributed by atoms with van der Waals surface area (Å²) in [5, 5.41) is 10.2. The van der Waals surface area contributed by atoms with Gasteiger partial charge in [0.1, 0.15) is 10.7 Å². The smallest absolute Gasteiger partial charge is 0.271 e. The van der Waals surface area contributed by atoms with Crippen LogP contribution in [0.25, 0.3) is 10.6 Å². The highest BCUT2D eigenvalue weighted by molar-refractivity contribution is 7.14. The van der Waals surface area contributed by atoms with Crippen molar-refractivity contribution in [2.24, 2.45) is 0 Å². The van der Waals surface area contributed by atoms with Crippen molar-refractivity contribution in [1.29, 1.82) is 0 Å². The number of rotatable bonds is 4. The van der Waals surface area contributed by atoms with Crippen LogP contribution in [-0.2, 0) is 6.54 Å². The van der Waals surface area contributed by atoms with Crippen LogP contribution < -0.4 is 5.32 Å². The van der Waals surface area contributed by atoms with E-state index in [0.29, 0.717) is 17.3 Å². The maximum atomic E-state index is 12.1. The number of nitrogens with zero attached hydrogens (tertiary/aromatic N) is 1. The number of benzene rings is 1. The summed E-state index contributed by atoms with van der Waals surface area (Å²) in [4.78, 5) is 16.5. The third kappa shape index (κ3) is 3.50. The summed E-state index contributed by atoms with van der Waals surface area (Å²) >= 11 is 9.00. The molecule has 0 saturated heterocycles. The van der Waals surface area contributed by atoms with Gasteiger partial charge in [0.25, 0.3) is 5.91 Å². The lowest BCUT2D eigenvalue weighted by Crippen LogP contribution is -2.23. The van der Waals surface area contributed by atoms with E-state index < -0.39 is 0 Å². The van der Waals surface area contributed by atoms with Gasteiger partial charge in [0.05, 0.1) is 0 Å². The first-order chi connectivity index (χ1) is 10.2. The molecule has 0 aliphatic carbocycles. The molecule has 0 unspecified atom stereocenters. The van der Waals surface area contributed by atoms with E-state index in [4.69, 9.17) is 11.6 Å². The molecule has 0 radical (unpaired) electrons. The Hall–Kier alpha value is -1.69. The maximum absolute atomic E-state index is 12.1. The minimum Gasteiger partial charge on any atom is -0.347 e. The molecule has 21 heavy (non-hydrogen) atoms. The Balaban J connectivity index is 1.66. The van der Waals surface area contributed by atoms with Gasteiger partial charge >= 0.3 is 0 Å². The molecule has 0 saturated carbocycles. The molecule has 0 aliphatic heterocycles. The number of thiazole rings is 1. The highest BCUT2D eigenvalue weighted by Crippen LogP contribution is 2.25. The van der Waals surface area contributed by atoms with Gasteiger partial charge in [-0.2, -0.15) is 11.3 Å². The average molecular weight is 335 g/mol. The molecule has 2 heterocycles.